The summed E-state index contributed by atoms with van der Waals surface area (Å²) in [5, 5.41) is 4.26. The lowest BCUT2D eigenvalue weighted by molar-refractivity contribution is 0.731. The molecule has 1 fully saturated rings. The lowest BCUT2D eigenvalue weighted by Crippen LogP contribution is -2.18. The zero-order valence-electron chi connectivity index (χ0n) is 10.8. The predicted molar refractivity (Wildman–Crippen MR) is 72.8 cm³/mol. The zero-order chi connectivity index (χ0) is 12.3. The summed E-state index contributed by atoms with van der Waals surface area (Å²) >= 11 is 0. The quantitative estimate of drug-likeness (QED) is 0.762. The van der Waals surface area contributed by atoms with Crippen molar-refractivity contribution >= 4 is 5.69 Å². The normalized spacial score (nSPS) is 19.3. The van der Waals surface area contributed by atoms with Crippen molar-refractivity contribution in [2.24, 2.45) is 7.05 Å². The van der Waals surface area contributed by atoms with Crippen molar-refractivity contribution < 1.29 is 0 Å². The fourth-order valence-electron chi connectivity index (χ4n) is 3.25. The maximum absolute atomic E-state index is 4.26. The first-order valence-electron chi connectivity index (χ1n) is 6.53. The molecule has 1 saturated carbocycles. The molecule has 0 amide bonds. The van der Waals surface area contributed by atoms with E-state index < -0.39 is 0 Å². The van der Waals surface area contributed by atoms with Gasteiger partial charge in [-0.1, -0.05) is 6.07 Å². The first-order chi connectivity index (χ1) is 8.68. The maximum atomic E-state index is 4.26. The molecule has 18 heavy (non-hydrogen) atoms. The molecule has 2 heterocycles. The molecule has 0 unspecified atom stereocenters. The standard InChI is InChI=1S/C15H17N3/c1-17-10-15(5-6-15)13-7-11(3-4-14(13)17)12-8-16-18(2)9-12/h3-4,7-9H,5-6,10H2,1-2H3. The Hall–Kier alpha value is -1.77. The number of likely N-dealkylation sites (N-methyl/N-ethyl adjacent to an activating group) is 1. The topological polar surface area (TPSA) is 21.1 Å². The lowest BCUT2D eigenvalue weighted by atomic mass is 9.95. The molecule has 0 radical (unpaired) electrons. The largest absolute Gasteiger partial charge is 0.373 e. The van der Waals surface area contributed by atoms with Crippen LogP contribution in [0, 0.1) is 0 Å². The average molecular weight is 239 g/mol. The summed E-state index contributed by atoms with van der Waals surface area (Å²) in [4.78, 5) is 2.40. The second-order valence-electron chi connectivity index (χ2n) is 5.77. The first-order valence-corrected chi connectivity index (χ1v) is 6.53. The third-order valence-corrected chi connectivity index (χ3v) is 4.41. The van der Waals surface area contributed by atoms with Gasteiger partial charge in [-0.25, -0.2) is 0 Å². The third kappa shape index (κ3) is 1.27. The van der Waals surface area contributed by atoms with Crippen LogP contribution in [0.25, 0.3) is 11.1 Å². The van der Waals surface area contributed by atoms with Crippen LogP contribution in [0.1, 0.15) is 18.4 Å². The molecular formula is C15H17N3. The van der Waals surface area contributed by atoms with Crippen LogP contribution in [-0.4, -0.2) is 23.4 Å². The van der Waals surface area contributed by atoms with Gasteiger partial charge >= 0.3 is 0 Å². The maximum Gasteiger partial charge on any atom is 0.0568 e. The Morgan fingerprint density at radius 2 is 2.00 bits per heavy atom. The minimum atomic E-state index is 0.475. The zero-order valence-corrected chi connectivity index (χ0v) is 10.8. The number of hydrogen-bond acceptors (Lipinski definition) is 2. The summed E-state index contributed by atoms with van der Waals surface area (Å²) in [6.45, 7) is 1.19. The van der Waals surface area contributed by atoms with Gasteiger partial charge in [0.15, 0.2) is 0 Å². The van der Waals surface area contributed by atoms with Crippen LogP contribution >= 0.6 is 0 Å². The molecule has 1 aromatic heterocycles. The predicted octanol–water partition coefficient (Wildman–Crippen LogP) is 2.57. The molecule has 1 aliphatic carbocycles. The second kappa shape index (κ2) is 3.16. The van der Waals surface area contributed by atoms with Gasteiger partial charge in [0, 0.05) is 43.5 Å². The van der Waals surface area contributed by atoms with Gasteiger partial charge in [-0.05, 0) is 36.1 Å². The van der Waals surface area contributed by atoms with Crippen molar-refractivity contribution in [2.75, 3.05) is 18.5 Å². The number of hydrogen-bond donors (Lipinski definition) is 0. The summed E-state index contributed by atoms with van der Waals surface area (Å²) in [7, 11) is 4.17. The van der Waals surface area contributed by atoms with Gasteiger partial charge < -0.3 is 4.90 Å². The Morgan fingerprint density at radius 1 is 1.17 bits per heavy atom. The summed E-state index contributed by atoms with van der Waals surface area (Å²) in [6.07, 6.45) is 6.72. The molecule has 0 bridgehead atoms. The van der Waals surface area contributed by atoms with Crippen LogP contribution in [0.15, 0.2) is 30.6 Å². The van der Waals surface area contributed by atoms with Crippen LogP contribution in [-0.2, 0) is 12.5 Å². The third-order valence-electron chi connectivity index (χ3n) is 4.41. The van der Waals surface area contributed by atoms with Gasteiger partial charge in [0.05, 0.1) is 6.20 Å². The van der Waals surface area contributed by atoms with Crippen molar-refractivity contribution in [3.05, 3.63) is 36.2 Å². The second-order valence-corrected chi connectivity index (χ2v) is 5.77. The SMILES string of the molecule is CN1CC2(CC2)c2cc(-c3cnn(C)c3)ccc21. The fourth-order valence-corrected chi connectivity index (χ4v) is 3.25. The van der Waals surface area contributed by atoms with E-state index in [0.29, 0.717) is 5.41 Å². The Balaban J connectivity index is 1.85. The van der Waals surface area contributed by atoms with E-state index in [0.717, 1.165) is 0 Å². The van der Waals surface area contributed by atoms with Crippen LogP contribution in [0.3, 0.4) is 0 Å². The molecular weight excluding hydrogens is 222 g/mol. The van der Waals surface area contributed by atoms with Crippen LogP contribution in [0.4, 0.5) is 5.69 Å². The van der Waals surface area contributed by atoms with E-state index in [9.17, 15) is 0 Å². The molecule has 0 saturated heterocycles. The fraction of sp³-hybridized carbons (Fsp3) is 0.400. The molecule has 0 atom stereocenters. The van der Waals surface area contributed by atoms with Crippen LogP contribution in [0.5, 0.6) is 0 Å². The molecule has 2 aromatic rings. The van der Waals surface area contributed by atoms with Crippen molar-refractivity contribution in [3.63, 3.8) is 0 Å². The van der Waals surface area contributed by atoms with E-state index in [-0.39, 0.29) is 0 Å². The Morgan fingerprint density at radius 3 is 2.67 bits per heavy atom. The van der Waals surface area contributed by atoms with Crippen LogP contribution < -0.4 is 4.90 Å². The van der Waals surface area contributed by atoms with Crippen molar-refractivity contribution in [1.82, 2.24) is 9.78 Å². The number of benzene rings is 1. The molecule has 1 aromatic carbocycles. The van der Waals surface area contributed by atoms with Gasteiger partial charge in [0.2, 0.25) is 0 Å². The number of aromatic nitrogens is 2. The van der Waals surface area contributed by atoms with Crippen molar-refractivity contribution in [3.8, 4) is 11.1 Å². The number of nitrogens with zero attached hydrogens (tertiary/aromatic N) is 3. The number of anilines is 1. The minimum Gasteiger partial charge on any atom is -0.373 e. The molecule has 4 rings (SSSR count). The molecule has 3 nitrogen and oxygen atoms in total. The summed E-state index contributed by atoms with van der Waals surface area (Å²) in [5.41, 5.74) is 5.95. The number of fused-ring (bicyclic) bond motifs is 2. The van der Waals surface area contributed by atoms with Gasteiger partial charge in [-0.3, -0.25) is 4.68 Å². The van der Waals surface area contributed by atoms with Gasteiger partial charge in [0.1, 0.15) is 0 Å². The highest BCUT2D eigenvalue weighted by atomic mass is 15.2. The number of rotatable bonds is 1. The monoisotopic (exact) mass is 239 g/mol. The Bertz CT molecular complexity index is 622. The van der Waals surface area contributed by atoms with Gasteiger partial charge in [-0.15, -0.1) is 0 Å². The van der Waals surface area contributed by atoms with Gasteiger partial charge in [0.25, 0.3) is 0 Å². The van der Waals surface area contributed by atoms with Crippen molar-refractivity contribution in [1.29, 1.82) is 0 Å². The van der Waals surface area contributed by atoms with E-state index in [4.69, 9.17) is 0 Å². The first kappa shape index (κ1) is 10.2. The van der Waals surface area contributed by atoms with E-state index >= 15 is 0 Å². The minimum absolute atomic E-state index is 0.475. The molecule has 0 N–H and O–H groups in total. The highest BCUT2D eigenvalue weighted by Gasteiger charge is 2.50. The highest BCUT2D eigenvalue weighted by molar-refractivity contribution is 5.73. The van der Waals surface area contributed by atoms with E-state index in [1.807, 2.05) is 17.9 Å². The van der Waals surface area contributed by atoms with Gasteiger partial charge in [-0.2, -0.15) is 5.10 Å². The molecule has 3 heteroatoms. The molecule has 1 spiro atoms. The van der Waals surface area contributed by atoms with E-state index in [2.05, 4.69) is 41.4 Å². The Labute approximate surface area is 107 Å². The van der Waals surface area contributed by atoms with E-state index in [1.165, 1.54) is 36.2 Å². The smallest absolute Gasteiger partial charge is 0.0568 e. The average Bonchev–Trinajstić information content (AvgIpc) is 2.92. The number of aryl methyl sites for hydroxylation is 1. The summed E-state index contributed by atoms with van der Waals surface area (Å²) in [6, 6.07) is 6.86. The lowest BCUT2D eigenvalue weighted by Gasteiger charge is -2.11. The Kier molecular flexibility index (Phi) is 1.79. The summed E-state index contributed by atoms with van der Waals surface area (Å²) < 4.78 is 1.86. The van der Waals surface area contributed by atoms with E-state index in [1.54, 1.807) is 5.56 Å². The molecule has 92 valence electrons. The highest BCUT2D eigenvalue weighted by Crippen LogP contribution is 2.56. The molecule has 1 aliphatic heterocycles. The summed E-state index contributed by atoms with van der Waals surface area (Å²) in [5.74, 6) is 0. The van der Waals surface area contributed by atoms with Crippen LogP contribution in [0.2, 0.25) is 0 Å². The molecule has 2 aliphatic rings. The van der Waals surface area contributed by atoms with Crippen molar-refractivity contribution in [2.45, 2.75) is 18.3 Å².